The lowest BCUT2D eigenvalue weighted by Gasteiger charge is -2.28. The van der Waals surface area contributed by atoms with Gasteiger partial charge in [0.05, 0.1) is 22.8 Å². The van der Waals surface area contributed by atoms with Crippen molar-refractivity contribution < 1.29 is 17.9 Å². The van der Waals surface area contributed by atoms with Crippen LogP contribution in [-0.4, -0.2) is 27.0 Å². The molecule has 0 unspecified atom stereocenters. The number of sulfonamides is 1. The second-order valence-corrected chi connectivity index (χ2v) is 10.3. The maximum absolute atomic E-state index is 13.0. The standard InChI is InChI=1S/C24H30N2O4S/c1-3-30-19-10-12-20(13-11-19)31(28,29)26-23-7-5-4-6-21(23)24(27)25-16(2)22-15-17-8-9-18(22)14-17/h4-7,10-13,16-18,22,26H,3,8-9,14-15H2,1-2H3,(H,25,27)/t16-,17-,18-,22-/m1/s1. The van der Waals surface area contributed by atoms with Crippen molar-refractivity contribution in [3.63, 3.8) is 0 Å². The van der Waals surface area contributed by atoms with Crippen molar-refractivity contribution in [2.45, 2.75) is 50.5 Å². The van der Waals surface area contributed by atoms with E-state index in [9.17, 15) is 13.2 Å². The maximum atomic E-state index is 13.0. The minimum absolute atomic E-state index is 0.0681. The van der Waals surface area contributed by atoms with Crippen molar-refractivity contribution >= 4 is 21.6 Å². The highest BCUT2D eigenvalue weighted by molar-refractivity contribution is 7.92. The molecule has 2 N–H and O–H groups in total. The van der Waals surface area contributed by atoms with Crippen LogP contribution in [0.2, 0.25) is 0 Å². The average molecular weight is 443 g/mol. The molecule has 0 radical (unpaired) electrons. The second kappa shape index (κ2) is 8.91. The van der Waals surface area contributed by atoms with Gasteiger partial charge < -0.3 is 10.1 Å². The van der Waals surface area contributed by atoms with Crippen LogP contribution in [0, 0.1) is 17.8 Å². The van der Waals surface area contributed by atoms with E-state index in [0.717, 1.165) is 5.92 Å². The Morgan fingerprint density at radius 2 is 1.84 bits per heavy atom. The largest absolute Gasteiger partial charge is 0.494 e. The minimum atomic E-state index is -3.84. The van der Waals surface area contributed by atoms with Gasteiger partial charge >= 0.3 is 0 Å². The number of benzene rings is 2. The van der Waals surface area contributed by atoms with Crippen LogP contribution in [0.25, 0.3) is 0 Å². The number of ether oxygens (including phenoxy) is 1. The number of hydrogen-bond acceptors (Lipinski definition) is 4. The summed E-state index contributed by atoms with van der Waals surface area (Å²) < 4.78 is 33.7. The number of rotatable bonds is 8. The molecule has 4 rings (SSSR count). The molecule has 7 heteroatoms. The van der Waals surface area contributed by atoms with Crippen LogP contribution in [0.5, 0.6) is 5.75 Å². The van der Waals surface area contributed by atoms with E-state index in [2.05, 4.69) is 17.0 Å². The molecular weight excluding hydrogens is 412 g/mol. The fourth-order valence-corrected chi connectivity index (χ4v) is 6.23. The Morgan fingerprint density at radius 3 is 2.48 bits per heavy atom. The van der Waals surface area contributed by atoms with Crippen LogP contribution in [0.1, 0.15) is 49.9 Å². The summed E-state index contributed by atoms with van der Waals surface area (Å²) in [7, 11) is -3.84. The Hall–Kier alpha value is -2.54. The third-order valence-electron chi connectivity index (χ3n) is 6.65. The number of nitrogens with one attached hydrogen (secondary N) is 2. The Labute approximate surface area is 184 Å². The summed E-state index contributed by atoms with van der Waals surface area (Å²) in [4.78, 5) is 13.1. The molecule has 6 nitrogen and oxygen atoms in total. The lowest BCUT2D eigenvalue weighted by molar-refractivity contribution is 0.0916. The molecule has 2 aliphatic rings. The molecule has 1 amide bonds. The van der Waals surface area contributed by atoms with Crippen LogP contribution in [-0.2, 0) is 10.0 Å². The normalized spacial score (nSPS) is 23.4. The van der Waals surface area contributed by atoms with E-state index in [-0.39, 0.29) is 22.5 Å². The molecule has 4 atom stereocenters. The molecule has 2 saturated carbocycles. The number of fused-ring (bicyclic) bond motifs is 2. The Kier molecular flexibility index (Phi) is 6.23. The van der Waals surface area contributed by atoms with E-state index >= 15 is 0 Å². The number of carbonyl (C=O) groups is 1. The number of para-hydroxylation sites is 1. The molecule has 2 fully saturated rings. The molecule has 2 aliphatic carbocycles. The molecule has 0 saturated heterocycles. The van der Waals surface area contributed by atoms with E-state index in [1.165, 1.54) is 37.8 Å². The van der Waals surface area contributed by atoms with Gasteiger partial charge in [-0.15, -0.1) is 0 Å². The first-order chi connectivity index (χ1) is 14.9. The number of anilines is 1. The highest BCUT2D eigenvalue weighted by atomic mass is 32.2. The first-order valence-corrected chi connectivity index (χ1v) is 12.5. The summed E-state index contributed by atoms with van der Waals surface area (Å²) in [6, 6.07) is 13.0. The van der Waals surface area contributed by atoms with Gasteiger partial charge in [0.2, 0.25) is 0 Å². The van der Waals surface area contributed by atoms with Gasteiger partial charge in [-0.2, -0.15) is 0 Å². The van der Waals surface area contributed by atoms with Crippen LogP contribution >= 0.6 is 0 Å². The summed E-state index contributed by atoms with van der Waals surface area (Å²) >= 11 is 0. The van der Waals surface area contributed by atoms with Gasteiger partial charge in [-0.3, -0.25) is 9.52 Å². The van der Waals surface area contributed by atoms with Crippen LogP contribution in [0.15, 0.2) is 53.4 Å². The van der Waals surface area contributed by atoms with Crippen molar-refractivity contribution in [1.29, 1.82) is 0 Å². The van der Waals surface area contributed by atoms with Gasteiger partial charge in [-0.1, -0.05) is 18.6 Å². The van der Waals surface area contributed by atoms with Crippen LogP contribution < -0.4 is 14.8 Å². The lowest BCUT2D eigenvalue weighted by atomic mass is 9.84. The van der Waals surface area contributed by atoms with Gasteiger partial charge in [-0.25, -0.2) is 8.42 Å². The summed E-state index contributed by atoms with van der Waals surface area (Å²) in [5.74, 6) is 2.38. The van der Waals surface area contributed by atoms with Gasteiger partial charge in [0.15, 0.2) is 0 Å². The smallest absolute Gasteiger partial charge is 0.261 e. The van der Waals surface area contributed by atoms with E-state index in [1.807, 2.05) is 6.92 Å². The van der Waals surface area contributed by atoms with Crippen molar-refractivity contribution in [3.05, 3.63) is 54.1 Å². The van der Waals surface area contributed by atoms with Gasteiger partial charge in [0, 0.05) is 6.04 Å². The number of amides is 1. The fourth-order valence-electron chi connectivity index (χ4n) is 5.15. The lowest BCUT2D eigenvalue weighted by Crippen LogP contribution is -2.40. The molecule has 0 heterocycles. The van der Waals surface area contributed by atoms with Gasteiger partial charge in [0.25, 0.3) is 15.9 Å². The zero-order chi connectivity index (χ0) is 22.0. The minimum Gasteiger partial charge on any atom is -0.494 e. The third kappa shape index (κ3) is 4.71. The zero-order valence-corrected chi connectivity index (χ0v) is 18.8. The molecule has 0 aromatic heterocycles. The Bertz CT molecular complexity index is 1040. The van der Waals surface area contributed by atoms with Crippen LogP contribution in [0.4, 0.5) is 5.69 Å². The molecule has 2 bridgehead atoms. The molecule has 166 valence electrons. The summed E-state index contributed by atoms with van der Waals surface area (Å²) in [6.45, 7) is 4.44. The van der Waals surface area contributed by atoms with E-state index in [1.54, 1.807) is 36.4 Å². The predicted molar refractivity (Wildman–Crippen MR) is 121 cm³/mol. The zero-order valence-electron chi connectivity index (χ0n) is 18.0. The molecule has 0 spiro atoms. The molecule has 2 aromatic carbocycles. The van der Waals surface area contributed by atoms with E-state index in [0.29, 0.717) is 29.8 Å². The van der Waals surface area contributed by atoms with Gasteiger partial charge in [0.1, 0.15) is 5.75 Å². The predicted octanol–water partition coefficient (Wildman–Crippen LogP) is 4.44. The van der Waals surface area contributed by atoms with E-state index in [4.69, 9.17) is 4.74 Å². The van der Waals surface area contributed by atoms with Crippen molar-refractivity contribution in [2.24, 2.45) is 17.8 Å². The second-order valence-electron chi connectivity index (χ2n) is 8.66. The topological polar surface area (TPSA) is 84.5 Å². The number of hydrogen-bond donors (Lipinski definition) is 2. The van der Waals surface area contributed by atoms with Crippen molar-refractivity contribution in [1.82, 2.24) is 5.32 Å². The monoisotopic (exact) mass is 442 g/mol. The maximum Gasteiger partial charge on any atom is 0.261 e. The van der Waals surface area contributed by atoms with Crippen molar-refractivity contribution in [2.75, 3.05) is 11.3 Å². The highest BCUT2D eigenvalue weighted by Crippen LogP contribution is 2.49. The molecule has 31 heavy (non-hydrogen) atoms. The van der Waals surface area contributed by atoms with Crippen molar-refractivity contribution in [3.8, 4) is 5.75 Å². The molecular formula is C24H30N2O4S. The SMILES string of the molecule is CCOc1ccc(S(=O)(=O)Nc2ccccc2C(=O)N[C@H](C)[C@H]2C[C@@H]3CC[C@@H]2C3)cc1. The Morgan fingerprint density at radius 1 is 1.10 bits per heavy atom. The quantitative estimate of drug-likeness (QED) is 0.633. The summed E-state index contributed by atoms with van der Waals surface area (Å²) in [6.07, 6.45) is 5.04. The fraction of sp³-hybridized carbons (Fsp3) is 0.458. The average Bonchev–Trinajstić information content (AvgIpc) is 3.38. The van der Waals surface area contributed by atoms with Crippen LogP contribution in [0.3, 0.4) is 0 Å². The van der Waals surface area contributed by atoms with E-state index < -0.39 is 10.0 Å². The summed E-state index contributed by atoms with van der Waals surface area (Å²) in [5, 5.41) is 3.12. The number of carbonyl (C=O) groups excluding carboxylic acids is 1. The van der Waals surface area contributed by atoms with Gasteiger partial charge in [-0.05, 0) is 87.3 Å². The molecule has 0 aliphatic heterocycles. The first-order valence-electron chi connectivity index (χ1n) is 11.0. The third-order valence-corrected chi connectivity index (χ3v) is 8.04. The molecule has 2 aromatic rings. The highest BCUT2D eigenvalue weighted by Gasteiger charge is 2.42. The summed E-state index contributed by atoms with van der Waals surface area (Å²) in [5.41, 5.74) is 0.598. The first kappa shape index (κ1) is 21.7. The Balaban J connectivity index is 1.48.